The van der Waals surface area contributed by atoms with Gasteiger partial charge in [0.2, 0.25) is 5.91 Å². The highest BCUT2D eigenvalue weighted by Crippen LogP contribution is 2.15. The average Bonchev–Trinajstić information content (AvgIpc) is 3.12. The topological polar surface area (TPSA) is 88.4 Å². The van der Waals surface area contributed by atoms with E-state index in [0.717, 1.165) is 22.4 Å². The maximum absolute atomic E-state index is 11.9. The van der Waals surface area contributed by atoms with Crippen LogP contribution < -0.4 is 20.9 Å². The number of ether oxygens (including phenoxy) is 1. The summed E-state index contributed by atoms with van der Waals surface area (Å²) in [5.74, 6) is 1.13. The van der Waals surface area contributed by atoms with Crippen LogP contribution in [0.3, 0.4) is 0 Å². The second-order valence-corrected chi connectivity index (χ2v) is 6.19. The number of thiocarbonyl (C=S) groups is 1. The Hall–Kier alpha value is -3.13. The van der Waals surface area contributed by atoms with Crippen molar-refractivity contribution in [3.8, 4) is 5.75 Å². The first-order chi connectivity index (χ1) is 13.1. The third kappa shape index (κ3) is 5.42. The van der Waals surface area contributed by atoms with Gasteiger partial charge in [0.1, 0.15) is 11.3 Å². The van der Waals surface area contributed by atoms with Crippen LogP contribution in [-0.4, -0.2) is 23.1 Å². The summed E-state index contributed by atoms with van der Waals surface area (Å²) in [5.41, 5.74) is 7.79. The minimum atomic E-state index is -0.203. The van der Waals surface area contributed by atoms with Crippen LogP contribution in [-0.2, 0) is 17.8 Å². The largest absolute Gasteiger partial charge is 0.497 e. The average molecular weight is 384 g/mol. The zero-order valence-corrected chi connectivity index (χ0v) is 15.6. The number of fused-ring (bicyclic) bond motifs is 1. The lowest BCUT2D eigenvalue weighted by atomic mass is 10.2. The van der Waals surface area contributed by atoms with E-state index in [9.17, 15) is 4.79 Å². The molecule has 0 saturated carbocycles. The number of carbonyl (C=O) groups excluding carboxylic acids is 1. The molecule has 0 bridgehead atoms. The molecule has 3 aromatic rings. The van der Waals surface area contributed by atoms with Gasteiger partial charge in [-0.05, 0) is 42.0 Å². The fourth-order valence-corrected chi connectivity index (χ4v) is 2.53. The number of benzene rings is 2. The smallest absolute Gasteiger partial charge is 0.238 e. The molecule has 140 valence electrons. The van der Waals surface area contributed by atoms with E-state index in [1.165, 1.54) is 0 Å². The maximum Gasteiger partial charge on any atom is 0.238 e. The number of nitrogens with one attached hydrogen (secondary N) is 3. The molecule has 7 nitrogen and oxygen atoms in total. The minimum Gasteiger partial charge on any atom is -0.497 e. The summed E-state index contributed by atoms with van der Waals surface area (Å²) in [5, 5.41) is 3.35. The van der Waals surface area contributed by atoms with Gasteiger partial charge in [-0.1, -0.05) is 24.3 Å². The summed E-state index contributed by atoms with van der Waals surface area (Å²) >= 11 is 5.15. The van der Waals surface area contributed by atoms with Crippen LogP contribution in [0.2, 0.25) is 0 Å². The SMILES string of the molecule is COc1ccc(CNC(=S)NNC(=O)CCc2nc3ccccc3o2)cc1. The van der Waals surface area contributed by atoms with Crippen molar-refractivity contribution < 1.29 is 13.9 Å². The number of hydrogen-bond donors (Lipinski definition) is 3. The first-order valence-electron chi connectivity index (χ1n) is 8.44. The van der Waals surface area contributed by atoms with E-state index in [1.807, 2.05) is 48.5 Å². The van der Waals surface area contributed by atoms with Crippen LogP contribution in [0.25, 0.3) is 11.1 Å². The number of oxazole rings is 1. The maximum atomic E-state index is 11.9. The van der Waals surface area contributed by atoms with Gasteiger partial charge in [-0.15, -0.1) is 0 Å². The van der Waals surface area contributed by atoms with Gasteiger partial charge in [0.25, 0.3) is 0 Å². The number of rotatable bonds is 6. The summed E-state index contributed by atoms with van der Waals surface area (Å²) in [6.45, 7) is 0.536. The number of hydrazine groups is 1. The minimum absolute atomic E-state index is 0.203. The Morgan fingerprint density at radius 2 is 1.93 bits per heavy atom. The number of nitrogens with zero attached hydrogens (tertiary/aromatic N) is 1. The molecule has 2 aromatic carbocycles. The van der Waals surface area contributed by atoms with Gasteiger partial charge in [0.05, 0.1) is 7.11 Å². The molecule has 1 aromatic heterocycles. The normalized spacial score (nSPS) is 10.4. The summed E-state index contributed by atoms with van der Waals surface area (Å²) in [6.07, 6.45) is 0.648. The molecular weight excluding hydrogens is 364 g/mol. The Kier molecular flexibility index (Phi) is 6.22. The molecule has 0 aliphatic carbocycles. The number of amides is 1. The van der Waals surface area contributed by atoms with Gasteiger partial charge in [0.15, 0.2) is 16.6 Å². The fraction of sp³-hybridized carbons (Fsp3) is 0.211. The van der Waals surface area contributed by atoms with Crippen LogP contribution >= 0.6 is 12.2 Å². The molecule has 0 atom stereocenters. The fourth-order valence-electron chi connectivity index (χ4n) is 2.41. The number of aromatic nitrogens is 1. The van der Waals surface area contributed by atoms with Gasteiger partial charge in [-0.3, -0.25) is 15.6 Å². The molecule has 0 unspecified atom stereocenters. The standard InChI is InChI=1S/C19H20N4O3S/c1-25-14-8-6-13(7-9-14)12-20-19(27)23-22-17(24)10-11-18-21-15-4-2-3-5-16(15)26-18/h2-9H,10-12H2,1H3,(H,22,24)(H2,20,23,27). The number of aryl methyl sites for hydroxylation is 1. The Morgan fingerprint density at radius 1 is 1.15 bits per heavy atom. The Labute approximate surface area is 162 Å². The van der Waals surface area contributed by atoms with Crippen LogP contribution in [0.1, 0.15) is 17.9 Å². The Bertz CT molecular complexity index is 891. The highest BCUT2D eigenvalue weighted by Gasteiger charge is 2.08. The Morgan fingerprint density at radius 3 is 2.67 bits per heavy atom. The van der Waals surface area contributed by atoms with Crippen molar-refractivity contribution in [2.24, 2.45) is 0 Å². The summed E-state index contributed by atoms with van der Waals surface area (Å²) < 4.78 is 10.7. The monoisotopic (exact) mass is 384 g/mol. The van der Waals surface area contributed by atoms with Gasteiger partial charge >= 0.3 is 0 Å². The molecular formula is C19H20N4O3S. The number of methoxy groups -OCH3 is 1. The summed E-state index contributed by atoms with van der Waals surface area (Å²) in [6, 6.07) is 15.1. The van der Waals surface area contributed by atoms with Crippen molar-refractivity contribution in [3.05, 3.63) is 60.0 Å². The molecule has 0 aliphatic rings. The second-order valence-electron chi connectivity index (χ2n) is 5.78. The third-order valence-electron chi connectivity index (χ3n) is 3.83. The molecule has 0 radical (unpaired) electrons. The van der Waals surface area contributed by atoms with Crippen molar-refractivity contribution in [1.29, 1.82) is 0 Å². The number of carbonyl (C=O) groups is 1. The quantitative estimate of drug-likeness (QED) is 0.444. The van der Waals surface area contributed by atoms with Crippen molar-refractivity contribution in [1.82, 2.24) is 21.2 Å². The van der Waals surface area contributed by atoms with Crippen LogP contribution in [0.15, 0.2) is 52.9 Å². The first-order valence-corrected chi connectivity index (χ1v) is 8.85. The van der Waals surface area contributed by atoms with E-state index < -0.39 is 0 Å². The van der Waals surface area contributed by atoms with Gasteiger partial charge in [-0.25, -0.2) is 4.98 Å². The van der Waals surface area contributed by atoms with Crippen molar-refractivity contribution >= 4 is 34.3 Å². The van der Waals surface area contributed by atoms with E-state index in [0.29, 0.717) is 24.0 Å². The Balaban J connectivity index is 1.37. The molecule has 3 rings (SSSR count). The van der Waals surface area contributed by atoms with Gasteiger partial charge in [-0.2, -0.15) is 0 Å². The van der Waals surface area contributed by atoms with Crippen LogP contribution in [0.4, 0.5) is 0 Å². The first kappa shape index (κ1) is 18.7. The van der Waals surface area contributed by atoms with Gasteiger partial charge in [0, 0.05) is 19.4 Å². The second kappa shape index (κ2) is 9.00. The van der Waals surface area contributed by atoms with Crippen molar-refractivity contribution in [2.75, 3.05) is 7.11 Å². The molecule has 0 aliphatic heterocycles. The molecule has 1 amide bonds. The molecule has 0 spiro atoms. The third-order valence-corrected chi connectivity index (χ3v) is 4.08. The van der Waals surface area contributed by atoms with E-state index >= 15 is 0 Å². The van der Waals surface area contributed by atoms with Crippen LogP contribution in [0.5, 0.6) is 5.75 Å². The molecule has 1 heterocycles. The lowest BCUT2D eigenvalue weighted by Crippen LogP contribution is -2.46. The molecule has 0 fully saturated rings. The molecule has 8 heteroatoms. The molecule has 27 heavy (non-hydrogen) atoms. The number of para-hydroxylation sites is 2. The zero-order chi connectivity index (χ0) is 19.1. The lowest BCUT2D eigenvalue weighted by Gasteiger charge is -2.11. The summed E-state index contributed by atoms with van der Waals surface area (Å²) in [7, 11) is 1.62. The van der Waals surface area contributed by atoms with Crippen LogP contribution in [0, 0.1) is 0 Å². The van der Waals surface area contributed by atoms with E-state index in [-0.39, 0.29) is 12.3 Å². The van der Waals surface area contributed by atoms with Crippen molar-refractivity contribution in [2.45, 2.75) is 19.4 Å². The molecule has 3 N–H and O–H groups in total. The zero-order valence-electron chi connectivity index (χ0n) is 14.8. The predicted octanol–water partition coefficient (Wildman–Crippen LogP) is 2.46. The van der Waals surface area contributed by atoms with Crippen molar-refractivity contribution in [3.63, 3.8) is 0 Å². The molecule has 0 saturated heterocycles. The van der Waals surface area contributed by atoms with E-state index in [2.05, 4.69) is 21.2 Å². The highest BCUT2D eigenvalue weighted by molar-refractivity contribution is 7.80. The highest BCUT2D eigenvalue weighted by atomic mass is 32.1. The number of hydrogen-bond acceptors (Lipinski definition) is 5. The van der Waals surface area contributed by atoms with Gasteiger partial charge < -0.3 is 14.5 Å². The van der Waals surface area contributed by atoms with E-state index in [1.54, 1.807) is 7.11 Å². The predicted molar refractivity (Wildman–Crippen MR) is 106 cm³/mol. The summed E-state index contributed by atoms with van der Waals surface area (Å²) in [4.78, 5) is 16.3. The van der Waals surface area contributed by atoms with E-state index in [4.69, 9.17) is 21.4 Å². The lowest BCUT2D eigenvalue weighted by molar-refractivity contribution is -0.121.